The Morgan fingerprint density at radius 3 is 2.67 bits per heavy atom. The lowest BCUT2D eigenvalue weighted by Gasteiger charge is -1.99. The Morgan fingerprint density at radius 1 is 1.53 bits per heavy atom. The van der Waals surface area contributed by atoms with Crippen molar-refractivity contribution >= 4 is 22.6 Å². The molecule has 1 rings (SSSR count). The molecule has 0 aliphatic rings. The molecule has 1 amide bonds. The molecule has 0 bridgehead atoms. The first-order valence-corrected chi connectivity index (χ1v) is 4.60. The van der Waals surface area contributed by atoms with Crippen molar-refractivity contribution in [3.05, 3.63) is 5.82 Å². The number of nitrogens with zero attached hydrogens (tertiary/aromatic N) is 2. The Labute approximate surface area is 86.7 Å². The van der Waals surface area contributed by atoms with Gasteiger partial charge in [-0.1, -0.05) is 0 Å². The zero-order valence-corrected chi connectivity index (χ0v) is 8.15. The van der Waals surface area contributed by atoms with Crippen molar-refractivity contribution < 1.29 is 18.0 Å². The molecule has 15 heavy (non-hydrogen) atoms. The van der Waals surface area contributed by atoms with Gasteiger partial charge in [0.05, 0.1) is 0 Å². The molecule has 0 aromatic carbocycles. The monoisotopic (exact) mass is 240 g/mol. The molecule has 0 saturated carbocycles. The van der Waals surface area contributed by atoms with Crippen LogP contribution in [0.2, 0.25) is 0 Å². The number of hydrogen-bond acceptors (Lipinski definition) is 5. The Morgan fingerprint density at radius 2 is 2.20 bits per heavy atom. The van der Waals surface area contributed by atoms with E-state index in [0.29, 0.717) is 11.5 Å². The number of amides is 1. The molecule has 0 spiro atoms. The molecular formula is C6H7F3N4OS. The highest BCUT2D eigenvalue weighted by molar-refractivity contribution is 7.09. The molecule has 1 aromatic heterocycles. The molecule has 0 aliphatic carbocycles. The topological polar surface area (TPSA) is 80.9 Å². The highest BCUT2D eigenvalue weighted by Gasteiger charge is 2.36. The number of alkyl halides is 3. The maximum Gasteiger partial charge on any atom is 0.452 e. The van der Waals surface area contributed by atoms with E-state index in [1.807, 2.05) is 0 Å². The number of primary amides is 1. The summed E-state index contributed by atoms with van der Waals surface area (Å²) in [7, 11) is 0. The van der Waals surface area contributed by atoms with E-state index in [1.165, 1.54) is 0 Å². The Kier molecular flexibility index (Phi) is 3.45. The number of hydrogen-bond donors (Lipinski definition) is 2. The summed E-state index contributed by atoms with van der Waals surface area (Å²) in [5.41, 5.74) is 4.84. The van der Waals surface area contributed by atoms with Crippen LogP contribution in [0.5, 0.6) is 0 Å². The van der Waals surface area contributed by atoms with Gasteiger partial charge in [-0.2, -0.15) is 22.5 Å². The molecular weight excluding hydrogens is 233 g/mol. The number of nitrogens with two attached hydrogens (primary N) is 1. The van der Waals surface area contributed by atoms with Crippen LogP contribution in [-0.4, -0.2) is 21.8 Å². The van der Waals surface area contributed by atoms with E-state index < -0.39 is 17.9 Å². The largest absolute Gasteiger partial charge is 0.452 e. The lowest BCUT2D eigenvalue weighted by Crippen LogP contribution is -2.16. The van der Waals surface area contributed by atoms with Crippen molar-refractivity contribution in [3.63, 3.8) is 0 Å². The highest BCUT2D eigenvalue weighted by Crippen LogP contribution is 2.28. The van der Waals surface area contributed by atoms with Gasteiger partial charge in [0.15, 0.2) is 0 Å². The van der Waals surface area contributed by atoms with Crippen LogP contribution >= 0.6 is 11.5 Å². The van der Waals surface area contributed by atoms with Crippen LogP contribution < -0.4 is 11.1 Å². The van der Waals surface area contributed by atoms with Crippen LogP contribution in [0.25, 0.3) is 0 Å². The molecule has 5 nitrogen and oxygen atoms in total. The van der Waals surface area contributed by atoms with Crippen LogP contribution in [0.15, 0.2) is 0 Å². The van der Waals surface area contributed by atoms with Crippen LogP contribution in [0.4, 0.5) is 18.3 Å². The number of carbonyl (C=O) groups is 1. The van der Waals surface area contributed by atoms with Crippen molar-refractivity contribution in [3.8, 4) is 0 Å². The summed E-state index contributed by atoms with van der Waals surface area (Å²) in [5, 5.41) is 2.53. The van der Waals surface area contributed by atoms with Crippen LogP contribution in [0, 0.1) is 0 Å². The number of aromatic nitrogens is 2. The summed E-state index contributed by atoms with van der Waals surface area (Å²) in [6.07, 6.45) is -4.51. The first kappa shape index (κ1) is 11.7. The third-order valence-corrected chi connectivity index (χ3v) is 2.00. The molecule has 3 N–H and O–H groups in total. The molecule has 0 saturated heterocycles. The molecule has 9 heteroatoms. The number of carbonyl (C=O) groups excluding carboxylic acids is 1. The Hall–Kier alpha value is -1.38. The zero-order chi connectivity index (χ0) is 11.5. The summed E-state index contributed by atoms with van der Waals surface area (Å²) >= 11 is 0.584. The average molecular weight is 240 g/mol. The lowest BCUT2D eigenvalue weighted by atomic mass is 10.4. The van der Waals surface area contributed by atoms with Crippen LogP contribution in [0.1, 0.15) is 12.2 Å². The van der Waals surface area contributed by atoms with Crippen LogP contribution in [-0.2, 0) is 11.0 Å². The van der Waals surface area contributed by atoms with Gasteiger partial charge < -0.3 is 11.1 Å². The van der Waals surface area contributed by atoms with E-state index in [0.717, 1.165) is 0 Å². The van der Waals surface area contributed by atoms with Gasteiger partial charge in [-0.15, -0.1) is 0 Å². The number of rotatable bonds is 4. The zero-order valence-electron chi connectivity index (χ0n) is 7.34. The number of halogens is 3. The highest BCUT2D eigenvalue weighted by atomic mass is 32.1. The summed E-state index contributed by atoms with van der Waals surface area (Å²) in [6.45, 7) is 0.141. The Bertz CT molecular complexity index is 350. The number of anilines is 1. The summed E-state index contributed by atoms with van der Waals surface area (Å²) in [5.74, 6) is -1.72. The summed E-state index contributed by atoms with van der Waals surface area (Å²) in [6, 6.07) is 0. The van der Waals surface area contributed by atoms with E-state index >= 15 is 0 Å². The van der Waals surface area contributed by atoms with Gasteiger partial charge in [0, 0.05) is 24.5 Å². The smallest absolute Gasteiger partial charge is 0.370 e. The normalized spacial score (nSPS) is 11.4. The fourth-order valence-corrected chi connectivity index (χ4v) is 1.31. The van der Waals surface area contributed by atoms with Gasteiger partial charge in [-0.3, -0.25) is 4.79 Å². The summed E-state index contributed by atoms with van der Waals surface area (Å²) in [4.78, 5) is 13.5. The maximum atomic E-state index is 12.0. The minimum absolute atomic E-state index is 0.0172. The van der Waals surface area contributed by atoms with E-state index in [2.05, 4.69) is 14.7 Å². The van der Waals surface area contributed by atoms with Gasteiger partial charge in [0.1, 0.15) is 0 Å². The van der Waals surface area contributed by atoms with Crippen LogP contribution in [0.3, 0.4) is 0 Å². The third kappa shape index (κ3) is 3.70. The Balaban J connectivity index is 2.50. The van der Waals surface area contributed by atoms with Gasteiger partial charge in [0.2, 0.25) is 16.9 Å². The third-order valence-electron chi connectivity index (χ3n) is 1.33. The predicted molar refractivity (Wildman–Crippen MR) is 47.2 cm³/mol. The van der Waals surface area contributed by atoms with Gasteiger partial charge >= 0.3 is 6.18 Å². The molecule has 1 aromatic rings. The molecule has 84 valence electrons. The second-order valence-corrected chi connectivity index (χ2v) is 3.32. The SMILES string of the molecule is NC(=O)CCNc1nc(C(F)(F)F)ns1. The fourth-order valence-electron chi connectivity index (χ4n) is 0.703. The predicted octanol–water partition coefficient (Wildman–Crippen LogP) is 0.844. The van der Waals surface area contributed by atoms with E-state index in [-0.39, 0.29) is 18.1 Å². The fraction of sp³-hybridized carbons (Fsp3) is 0.500. The van der Waals surface area contributed by atoms with Crippen molar-refractivity contribution in [2.75, 3.05) is 11.9 Å². The minimum Gasteiger partial charge on any atom is -0.370 e. The molecule has 0 unspecified atom stereocenters. The first-order valence-electron chi connectivity index (χ1n) is 3.82. The maximum absolute atomic E-state index is 12.0. The van der Waals surface area contributed by atoms with E-state index in [1.54, 1.807) is 0 Å². The van der Waals surface area contributed by atoms with Gasteiger partial charge in [-0.05, 0) is 0 Å². The molecule has 0 fully saturated rings. The first-order chi connectivity index (χ1) is 6.89. The van der Waals surface area contributed by atoms with Crippen molar-refractivity contribution in [1.82, 2.24) is 9.36 Å². The van der Waals surface area contributed by atoms with Crippen molar-refractivity contribution in [2.24, 2.45) is 5.73 Å². The molecule has 1 heterocycles. The second kappa shape index (κ2) is 4.43. The second-order valence-electron chi connectivity index (χ2n) is 2.56. The van der Waals surface area contributed by atoms with Gasteiger partial charge in [0.25, 0.3) is 0 Å². The van der Waals surface area contributed by atoms with E-state index in [9.17, 15) is 18.0 Å². The van der Waals surface area contributed by atoms with Crippen molar-refractivity contribution in [2.45, 2.75) is 12.6 Å². The minimum atomic E-state index is -4.54. The molecule has 0 atom stereocenters. The van der Waals surface area contributed by atoms with Crippen molar-refractivity contribution in [1.29, 1.82) is 0 Å². The van der Waals surface area contributed by atoms with E-state index in [4.69, 9.17) is 5.73 Å². The molecule has 0 aliphatic heterocycles. The molecule has 0 radical (unpaired) electrons. The average Bonchev–Trinajstić information content (AvgIpc) is 2.51. The number of nitrogens with one attached hydrogen (secondary N) is 1. The standard InChI is InChI=1S/C6H7F3N4OS/c7-6(8,9)4-12-5(15-13-4)11-2-1-3(10)14/h1-2H2,(H2,10,14)(H,11,12,13). The van der Waals surface area contributed by atoms with Gasteiger partial charge in [-0.25, -0.2) is 0 Å². The quantitative estimate of drug-likeness (QED) is 0.817. The summed E-state index contributed by atoms with van der Waals surface area (Å²) < 4.78 is 39.2. The lowest BCUT2D eigenvalue weighted by molar-refractivity contribution is -0.144.